The van der Waals surface area contributed by atoms with Crippen molar-refractivity contribution in [3.63, 3.8) is 0 Å². The lowest BCUT2D eigenvalue weighted by Gasteiger charge is -2.34. The number of fused-ring (bicyclic) bond motifs is 1. The molecule has 0 atom stereocenters. The standard InChI is InChI=1S/C20H23BrN4OS2/c1-13-3-4-14(2)18-17(13)23-20(28-18)25-11-9-24(10-12-25)8-7-22-19(26)15-5-6-16(21)27-15/h3-6H,7-12H2,1-2H3,(H,22,26). The molecule has 1 aliphatic heterocycles. The van der Waals surface area contributed by atoms with Gasteiger partial charge < -0.3 is 10.2 Å². The summed E-state index contributed by atoms with van der Waals surface area (Å²) >= 11 is 6.66. The van der Waals surface area contributed by atoms with E-state index in [2.05, 4.69) is 57.0 Å². The van der Waals surface area contributed by atoms with Crippen molar-refractivity contribution < 1.29 is 4.79 Å². The fourth-order valence-corrected chi connectivity index (χ4v) is 5.86. The second-order valence-corrected chi connectivity index (χ2v) is 10.5. The molecule has 4 rings (SSSR count). The van der Waals surface area contributed by atoms with Crippen molar-refractivity contribution in [3.8, 4) is 0 Å². The zero-order chi connectivity index (χ0) is 19.7. The Bertz CT molecular complexity index is 952. The van der Waals surface area contributed by atoms with Gasteiger partial charge in [-0.05, 0) is 53.0 Å². The summed E-state index contributed by atoms with van der Waals surface area (Å²) in [6, 6.07) is 8.09. The molecule has 1 N–H and O–H groups in total. The van der Waals surface area contributed by atoms with Crippen LogP contribution in [0.5, 0.6) is 0 Å². The number of thiazole rings is 1. The van der Waals surface area contributed by atoms with E-state index < -0.39 is 0 Å². The van der Waals surface area contributed by atoms with E-state index in [0.717, 1.165) is 52.0 Å². The van der Waals surface area contributed by atoms with Gasteiger partial charge in [0, 0.05) is 39.3 Å². The molecule has 3 heterocycles. The third-order valence-electron chi connectivity index (χ3n) is 5.08. The minimum Gasteiger partial charge on any atom is -0.350 e. The highest BCUT2D eigenvalue weighted by atomic mass is 79.9. The molecule has 2 aromatic heterocycles. The number of hydrogen-bond acceptors (Lipinski definition) is 6. The number of hydrogen-bond donors (Lipinski definition) is 1. The van der Waals surface area contributed by atoms with Gasteiger partial charge in [0.25, 0.3) is 5.91 Å². The van der Waals surface area contributed by atoms with Gasteiger partial charge in [-0.2, -0.15) is 0 Å². The van der Waals surface area contributed by atoms with Gasteiger partial charge in [0.1, 0.15) is 0 Å². The molecule has 1 aliphatic rings. The number of piperazine rings is 1. The smallest absolute Gasteiger partial charge is 0.261 e. The summed E-state index contributed by atoms with van der Waals surface area (Å²) in [6.45, 7) is 9.78. The van der Waals surface area contributed by atoms with Crippen molar-refractivity contribution in [1.29, 1.82) is 0 Å². The van der Waals surface area contributed by atoms with Crippen molar-refractivity contribution in [2.45, 2.75) is 13.8 Å². The fraction of sp³-hybridized carbons (Fsp3) is 0.400. The second kappa shape index (κ2) is 8.49. The number of nitrogens with zero attached hydrogens (tertiary/aromatic N) is 3. The van der Waals surface area contributed by atoms with Gasteiger partial charge in [-0.1, -0.05) is 23.5 Å². The monoisotopic (exact) mass is 478 g/mol. The molecular weight excluding hydrogens is 456 g/mol. The molecule has 0 unspecified atom stereocenters. The number of carbonyl (C=O) groups is 1. The highest BCUT2D eigenvalue weighted by molar-refractivity contribution is 9.11. The van der Waals surface area contributed by atoms with E-state index in [9.17, 15) is 4.79 Å². The molecule has 148 valence electrons. The quantitative estimate of drug-likeness (QED) is 0.593. The molecule has 1 saturated heterocycles. The van der Waals surface area contributed by atoms with Gasteiger partial charge in [-0.25, -0.2) is 4.98 Å². The first-order valence-electron chi connectivity index (χ1n) is 9.39. The van der Waals surface area contributed by atoms with E-state index in [1.54, 1.807) is 11.3 Å². The first-order valence-corrected chi connectivity index (χ1v) is 11.8. The Morgan fingerprint density at radius 3 is 2.54 bits per heavy atom. The maximum absolute atomic E-state index is 12.1. The molecule has 1 amide bonds. The zero-order valence-corrected chi connectivity index (χ0v) is 19.2. The van der Waals surface area contributed by atoms with Crippen LogP contribution in [0, 0.1) is 13.8 Å². The molecule has 3 aromatic rings. The van der Waals surface area contributed by atoms with E-state index >= 15 is 0 Å². The predicted molar refractivity (Wildman–Crippen MR) is 122 cm³/mol. The lowest BCUT2D eigenvalue weighted by Crippen LogP contribution is -2.48. The number of benzene rings is 1. The third-order valence-corrected chi connectivity index (χ3v) is 7.96. The third kappa shape index (κ3) is 4.25. The SMILES string of the molecule is Cc1ccc(C)c2sc(N3CCN(CCNC(=O)c4ccc(Br)s4)CC3)nc12. The van der Waals surface area contributed by atoms with E-state index in [0.29, 0.717) is 6.54 Å². The number of anilines is 1. The first-order chi connectivity index (χ1) is 13.5. The van der Waals surface area contributed by atoms with E-state index in [4.69, 9.17) is 4.98 Å². The highest BCUT2D eigenvalue weighted by Crippen LogP contribution is 2.33. The fourth-order valence-electron chi connectivity index (χ4n) is 3.40. The number of halogens is 1. The predicted octanol–water partition coefficient (Wildman–Crippen LogP) is 4.29. The lowest BCUT2D eigenvalue weighted by atomic mass is 10.1. The second-order valence-electron chi connectivity index (χ2n) is 7.06. The Morgan fingerprint density at radius 1 is 1.11 bits per heavy atom. The molecule has 0 spiro atoms. The molecule has 0 radical (unpaired) electrons. The number of carbonyl (C=O) groups excluding carboxylic acids is 1. The van der Waals surface area contributed by atoms with Gasteiger partial charge in [-0.3, -0.25) is 9.69 Å². The van der Waals surface area contributed by atoms with Gasteiger partial charge in [-0.15, -0.1) is 11.3 Å². The van der Waals surface area contributed by atoms with Gasteiger partial charge in [0.05, 0.1) is 18.9 Å². The van der Waals surface area contributed by atoms with Crippen molar-refractivity contribution >= 4 is 59.9 Å². The Morgan fingerprint density at radius 2 is 1.86 bits per heavy atom. The summed E-state index contributed by atoms with van der Waals surface area (Å²) in [5.41, 5.74) is 3.69. The van der Waals surface area contributed by atoms with Crippen LogP contribution in [-0.4, -0.2) is 55.1 Å². The van der Waals surface area contributed by atoms with Crippen LogP contribution in [0.25, 0.3) is 10.2 Å². The molecule has 1 aromatic carbocycles. The summed E-state index contributed by atoms with van der Waals surface area (Å²) in [7, 11) is 0. The maximum Gasteiger partial charge on any atom is 0.261 e. The minimum absolute atomic E-state index is 0.00884. The molecule has 8 heteroatoms. The minimum atomic E-state index is 0.00884. The molecule has 1 fully saturated rings. The number of rotatable bonds is 5. The maximum atomic E-state index is 12.1. The first kappa shape index (κ1) is 19.8. The lowest BCUT2D eigenvalue weighted by molar-refractivity contribution is 0.0952. The molecular formula is C20H23BrN4OS2. The van der Waals surface area contributed by atoms with Crippen LogP contribution in [0.2, 0.25) is 0 Å². The van der Waals surface area contributed by atoms with Crippen LogP contribution in [0.3, 0.4) is 0 Å². The normalized spacial score (nSPS) is 15.3. The van der Waals surface area contributed by atoms with Crippen LogP contribution in [0.15, 0.2) is 28.1 Å². The Labute approximate surface area is 181 Å². The van der Waals surface area contributed by atoms with Crippen LogP contribution >= 0.6 is 38.6 Å². The van der Waals surface area contributed by atoms with Crippen molar-refractivity contribution in [3.05, 3.63) is 44.1 Å². The summed E-state index contributed by atoms with van der Waals surface area (Å²) in [6.07, 6.45) is 0. The van der Waals surface area contributed by atoms with Crippen molar-refractivity contribution in [2.75, 3.05) is 44.2 Å². The van der Waals surface area contributed by atoms with E-state index in [-0.39, 0.29) is 5.91 Å². The van der Waals surface area contributed by atoms with Crippen LogP contribution < -0.4 is 10.2 Å². The molecule has 0 saturated carbocycles. The average molecular weight is 479 g/mol. The molecule has 5 nitrogen and oxygen atoms in total. The summed E-state index contributed by atoms with van der Waals surface area (Å²) in [4.78, 5) is 22.6. The molecule has 0 bridgehead atoms. The number of nitrogens with one attached hydrogen (secondary N) is 1. The topological polar surface area (TPSA) is 48.5 Å². The van der Waals surface area contributed by atoms with E-state index in [1.807, 2.05) is 12.1 Å². The summed E-state index contributed by atoms with van der Waals surface area (Å²) < 4.78 is 2.29. The summed E-state index contributed by atoms with van der Waals surface area (Å²) in [5, 5.41) is 4.15. The summed E-state index contributed by atoms with van der Waals surface area (Å²) in [5.74, 6) is 0.00884. The van der Waals surface area contributed by atoms with Crippen LogP contribution in [-0.2, 0) is 0 Å². The van der Waals surface area contributed by atoms with Gasteiger partial charge >= 0.3 is 0 Å². The zero-order valence-electron chi connectivity index (χ0n) is 16.0. The number of aromatic nitrogens is 1. The number of amides is 1. The van der Waals surface area contributed by atoms with E-state index in [1.165, 1.54) is 27.2 Å². The Balaban J connectivity index is 1.28. The van der Waals surface area contributed by atoms with Crippen molar-refractivity contribution in [2.24, 2.45) is 0 Å². The molecule has 0 aliphatic carbocycles. The Kier molecular flexibility index (Phi) is 6.01. The van der Waals surface area contributed by atoms with Crippen LogP contribution in [0.4, 0.5) is 5.13 Å². The largest absolute Gasteiger partial charge is 0.350 e. The average Bonchev–Trinajstić information content (AvgIpc) is 3.33. The number of thiophene rings is 1. The Hall–Kier alpha value is -1.48. The molecule has 28 heavy (non-hydrogen) atoms. The van der Waals surface area contributed by atoms with Gasteiger partial charge in [0.2, 0.25) is 0 Å². The van der Waals surface area contributed by atoms with Crippen molar-refractivity contribution in [1.82, 2.24) is 15.2 Å². The highest BCUT2D eigenvalue weighted by Gasteiger charge is 2.20. The van der Waals surface area contributed by atoms with Crippen LogP contribution in [0.1, 0.15) is 20.8 Å². The van der Waals surface area contributed by atoms with Gasteiger partial charge in [0.15, 0.2) is 5.13 Å². The number of aryl methyl sites for hydroxylation is 2.